The van der Waals surface area contributed by atoms with Crippen LogP contribution in [-0.2, 0) is 4.74 Å². The molecule has 35 heavy (non-hydrogen) atoms. The van der Waals surface area contributed by atoms with E-state index in [2.05, 4.69) is 0 Å². The first-order chi connectivity index (χ1) is 16.7. The van der Waals surface area contributed by atoms with Crippen LogP contribution in [-0.4, -0.2) is 82.2 Å². The molecule has 2 heterocycles. The van der Waals surface area contributed by atoms with E-state index in [1.165, 1.54) is 32.4 Å². The molecule has 0 saturated carbocycles. The van der Waals surface area contributed by atoms with Crippen LogP contribution in [0.15, 0.2) is 39.5 Å². The molecule has 1 aliphatic heterocycles. The molecular formula is C23H24O12. The Morgan fingerprint density at radius 3 is 2.17 bits per heavy atom. The number of fused-ring (bicyclic) bond motifs is 1. The zero-order valence-corrected chi connectivity index (χ0v) is 18.6. The number of hydrogen-bond acceptors (Lipinski definition) is 12. The molecule has 1 saturated heterocycles. The third kappa shape index (κ3) is 4.45. The number of phenolic OH excluding ortho intramolecular Hbond substituents is 2. The maximum Gasteiger partial charge on any atom is 0.229 e. The average Bonchev–Trinajstić information content (AvgIpc) is 2.84. The number of ether oxygens (including phenoxy) is 4. The van der Waals surface area contributed by atoms with Crippen molar-refractivity contribution in [3.8, 4) is 40.1 Å². The van der Waals surface area contributed by atoms with Crippen molar-refractivity contribution in [1.82, 2.24) is 0 Å². The van der Waals surface area contributed by atoms with Gasteiger partial charge in [0.05, 0.1) is 20.8 Å². The van der Waals surface area contributed by atoms with Crippen molar-refractivity contribution in [2.45, 2.75) is 30.7 Å². The zero-order chi connectivity index (χ0) is 25.4. The molecular weight excluding hydrogens is 468 g/mol. The van der Waals surface area contributed by atoms with Gasteiger partial charge in [0.2, 0.25) is 12.0 Å². The predicted octanol–water partition coefficient (Wildman–Crippen LogP) is 0.0671. The molecule has 2 aromatic carbocycles. The van der Waals surface area contributed by atoms with Crippen LogP contribution in [0.2, 0.25) is 0 Å². The van der Waals surface area contributed by atoms with Crippen molar-refractivity contribution in [1.29, 1.82) is 0 Å². The molecule has 1 aliphatic rings. The Hall–Kier alpha value is -3.55. The number of aromatic hydroxyl groups is 2. The zero-order valence-electron chi connectivity index (χ0n) is 18.6. The number of aliphatic hydroxyl groups excluding tert-OH is 4. The first kappa shape index (κ1) is 24.6. The van der Waals surface area contributed by atoms with Gasteiger partial charge in [-0.3, -0.25) is 4.79 Å². The van der Waals surface area contributed by atoms with Gasteiger partial charge in [0, 0.05) is 23.8 Å². The summed E-state index contributed by atoms with van der Waals surface area (Å²) in [6.07, 6.45) is -7.62. The molecule has 0 spiro atoms. The SMILES string of the molecule is COc1cc(-c2cc(=O)c3c(O)cc(OC4O[C@H](CO)[C@@H](O)[C@H](O)[C@H]4O)cc3o2)cc(OC)c1O. The van der Waals surface area contributed by atoms with E-state index in [1.54, 1.807) is 0 Å². The Labute approximate surface area is 197 Å². The first-order valence-corrected chi connectivity index (χ1v) is 10.4. The van der Waals surface area contributed by atoms with Crippen LogP contribution in [0.25, 0.3) is 22.3 Å². The van der Waals surface area contributed by atoms with Gasteiger partial charge in [-0.05, 0) is 12.1 Å². The molecule has 1 aromatic heterocycles. The van der Waals surface area contributed by atoms with Crippen LogP contribution in [0.5, 0.6) is 28.7 Å². The monoisotopic (exact) mass is 492 g/mol. The Morgan fingerprint density at radius 1 is 0.914 bits per heavy atom. The number of methoxy groups -OCH3 is 2. The molecule has 3 aromatic rings. The number of phenols is 2. The molecule has 4 rings (SSSR count). The lowest BCUT2D eigenvalue weighted by Crippen LogP contribution is -2.60. The quantitative estimate of drug-likeness (QED) is 0.272. The first-order valence-electron chi connectivity index (χ1n) is 10.4. The minimum Gasteiger partial charge on any atom is -0.507 e. The summed E-state index contributed by atoms with van der Waals surface area (Å²) >= 11 is 0. The van der Waals surface area contributed by atoms with Crippen molar-refractivity contribution in [2.24, 2.45) is 0 Å². The van der Waals surface area contributed by atoms with Gasteiger partial charge in [0.15, 0.2) is 16.9 Å². The third-order valence-corrected chi connectivity index (χ3v) is 5.65. The molecule has 6 N–H and O–H groups in total. The van der Waals surface area contributed by atoms with E-state index in [9.17, 15) is 35.4 Å². The minimum atomic E-state index is -1.68. The van der Waals surface area contributed by atoms with Gasteiger partial charge in [-0.1, -0.05) is 0 Å². The van der Waals surface area contributed by atoms with Crippen LogP contribution in [0.1, 0.15) is 0 Å². The summed E-state index contributed by atoms with van der Waals surface area (Å²) in [7, 11) is 2.69. The van der Waals surface area contributed by atoms with Gasteiger partial charge in [-0.25, -0.2) is 0 Å². The second kappa shape index (κ2) is 9.60. The Kier molecular flexibility index (Phi) is 6.74. The standard InChI is InChI=1S/C23H24O12/c1-31-15-3-9(4-16(32-2)19(15)27)13-7-12(26)18-11(25)5-10(6-14(18)34-13)33-23-22(30)21(29)20(28)17(8-24)35-23/h3-7,17,20-25,27-30H,8H2,1-2H3/t17-,20-,21+,22-,23?/m1/s1. The number of rotatable bonds is 6. The predicted molar refractivity (Wildman–Crippen MR) is 119 cm³/mol. The summed E-state index contributed by atoms with van der Waals surface area (Å²) in [5, 5.41) is 59.8. The fourth-order valence-corrected chi connectivity index (χ4v) is 3.79. The van der Waals surface area contributed by atoms with Gasteiger partial charge in [-0.2, -0.15) is 0 Å². The Balaban J connectivity index is 1.75. The summed E-state index contributed by atoms with van der Waals surface area (Å²) in [6, 6.07) is 6.35. The lowest BCUT2D eigenvalue weighted by Gasteiger charge is -2.39. The molecule has 12 nitrogen and oxygen atoms in total. The number of aliphatic hydroxyl groups is 4. The maximum atomic E-state index is 12.8. The lowest BCUT2D eigenvalue weighted by atomic mass is 9.99. The molecule has 5 atom stereocenters. The fourth-order valence-electron chi connectivity index (χ4n) is 3.79. The summed E-state index contributed by atoms with van der Waals surface area (Å²) in [6.45, 7) is -0.647. The van der Waals surface area contributed by atoms with Gasteiger partial charge < -0.3 is 54.0 Å². The third-order valence-electron chi connectivity index (χ3n) is 5.65. The maximum absolute atomic E-state index is 12.8. The number of benzene rings is 2. The van der Waals surface area contributed by atoms with E-state index in [4.69, 9.17) is 23.4 Å². The number of hydrogen-bond donors (Lipinski definition) is 6. The second-order valence-electron chi connectivity index (χ2n) is 7.83. The van der Waals surface area contributed by atoms with E-state index in [1.807, 2.05) is 0 Å². The minimum absolute atomic E-state index is 0.0588. The van der Waals surface area contributed by atoms with Crippen molar-refractivity contribution in [2.75, 3.05) is 20.8 Å². The second-order valence-corrected chi connectivity index (χ2v) is 7.83. The molecule has 1 fully saturated rings. The van der Waals surface area contributed by atoms with Crippen LogP contribution < -0.4 is 19.6 Å². The smallest absolute Gasteiger partial charge is 0.229 e. The summed E-state index contributed by atoms with van der Waals surface area (Å²) < 4.78 is 26.9. The summed E-state index contributed by atoms with van der Waals surface area (Å²) in [5.74, 6) is -0.615. The van der Waals surface area contributed by atoms with Gasteiger partial charge in [0.1, 0.15) is 52.6 Å². The normalized spacial score (nSPS) is 24.3. The van der Waals surface area contributed by atoms with Gasteiger partial charge in [0.25, 0.3) is 0 Å². The fraction of sp³-hybridized carbons (Fsp3) is 0.348. The highest BCUT2D eigenvalue weighted by Crippen LogP contribution is 2.41. The van der Waals surface area contributed by atoms with Crippen LogP contribution >= 0.6 is 0 Å². The van der Waals surface area contributed by atoms with E-state index in [0.29, 0.717) is 5.56 Å². The molecule has 0 radical (unpaired) electrons. The largest absolute Gasteiger partial charge is 0.507 e. The Bertz CT molecular complexity index is 1260. The van der Waals surface area contributed by atoms with Gasteiger partial charge in [-0.15, -0.1) is 0 Å². The summed E-state index contributed by atoms with van der Waals surface area (Å²) in [5.41, 5.74) is -0.336. The highest BCUT2D eigenvalue weighted by molar-refractivity contribution is 5.86. The Morgan fingerprint density at radius 2 is 1.57 bits per heavy atom. The molecule has 0 amide bonds. The lowest BCUT2D eigenvalue weighted by molar-refractivity contribution is -0.277. The average molecular weight is 492 g/mol. The molecule has 0 bridgehead atoms. The molecule has 0 aliphatic carbocycles. The van der Waals surface area contributed by atoms with Gasteiger partial charge >= 0.3 is 0 Å². The van der Waals surface area contributed by atoms with Crippen molar-refractivity contribution in [3.05, 3.63) is 40.6 Å². The van der Waals surface area contributed by atoms with E-state index < -0.39 is 48.5 Å². The molecule has 188 valence electrons. The van der Waals surface area contributed by atoms with Crippen LogP contribution in [0, 0.1) is 0 Å². The summed E-state index contributed by atoms with van der Waals surface area (Å²) in [4.78, 5) is 12.8. The van der Waals surface area contributed by atoms with E-state index in [-0.39, 0.29) is 39.7 Å². The molecule has 12 heteroatoms. The molecule has 1 unspecified atom stereocenters. The highest BCUT2D eigenvalue weighted by Gasteiger charge is 2.44. The van der Waals surface area contributed by atoms with Crippen LogP contribution in [0.4, 0.5) is 0 Å². The van der Waals surface area contributed by atoms with Crippen LogP contribution in [0.3, 0.4) is 0 Å². The van der Waals surface area contributed by atoms with E-state index in [0.717, 1.165) is 12.1 Å². The van der Waals surface area contributed by atoms with E-state index >= 15 is 0 Å². The van der Waals surface area contributed by atoms with Crippen molar-refractivity contribution in [3.63, 3.8) is 0 Å². The van der Waals surface area contributed by atoms with Crippen molar-refractivity contribution >= 4 is 11.0 Å². The van der Waals surface area contributed by atoms with Crippen molar-refractivity contribution < 1.29 is 54.0 Å². The topological polar surface area (TPSA) is 189 Å². The highest BCUT2D eigenvalue weighted by atomic mass is 16.7.